The molecule has 21 heavy (non-hydrogen) atoms. The van der Waals surface area contributed by atoms with Crippen LogP contribution in [-0.4, -0.2) is 10.6 Å². The molecular formula is C19H29BrO. The summed E-state index contributed by atoms with van der Waals surface area (Å²) >= 11 is 4.08. The fraction of sp³-hybridized carbons (Fsp3) is 0.947. The minimum Gasteiger partial charge on any atom is -0.299 e. The second-order valence-electron chi connectivity index (χ2n) is 8.83. The Morgan fingerprint density at radius 1 is 1.00 bits per heavy atom. The highest BCUT2D eigenvalue weighted by Crippen LogP contribution is 2.66. The lowest BCUT2D eigenvalue weighted by atomic mass is 9.45. The highest BCUT2D eigenvalue weighted by molar-refractivity contribution is 9.09. The fourth-order valence-electron chi connectivity index (χ4n) is 7.04. The van der Waals surface area contributed by atoms with Gasteiger partial charge in [-0.1, -0.05) is 36.2 Å². The topological polar surface area (TPSA) is 17.1 Å². The van der Waals surface area contributed by atoms with E-state index in [2.05, 4.69) is 29.8 Å². The molecule has 0 bridgehead atoms. The van der Waals surface area contributed by atoms with Crippen molar-refractivity contribution in [2.75, 3.05) is 0 Å². The van der Waals surface area contributed by atoms with Crippen LogP contribution in [0.15, 0.2) is 0 Å². The van der Waals surface area contributed by atoms with Crippen LogP contribution in [0, 0.1) is 34.5 Å². The van der Waals surface area contributed by atoms with Gasteiger partial charge in [0.2, 0.25) is 0 Å². The van der Waals surface area contributed by atoms with Crippen molar-refractivity contribution in [2.45, 2.75) is 76.5 Å². The molecule has 7 atom stereocenters. The zero-order chi connectivity index (χ0) is 14.8. The summed E-state index contributed by atoms with van der Waals surface area (Å²) in [5, 5.41) is 0. The van der Waals surface area contributed by atoms with Crippen LogP contribution >= 0.6 is 15.9 Å². The Morgan fingerprint density at radius 3 is 2.62 bits per heavy atom. The largest absolute Gasteiger partial charge is 0.299 e. The van der Waals surface area contributed by atoms with Crippen LogP contribution in [0.2, 0.25) is 0 Å². The first kappa shape index (κ1) is 14.7. The van der Waals surface area contributed by atoms with E-state index in [1.165, 1.54) is 51.4 Å². The zero-order valence-electron chi connectivity index (χ0n) is 13.5. The molecule has 4 saturated carbocycles. The first-order valence-corrected chi connectivity index (χ1v) is 10.1. The van der Waals surface area contributed by atoms with Crippen molar-refractivity contribution in [3.63, 3.8) is 0 Å². The molecule has 2 unspecified atom stereocenters. The van der Waals surface area contributed by atoms with E-state index >= 15 is 0 Å². The maximum atomic E-state index is 12.4. The molecule has 1 nitrogen and oxygen atoms in total. The molecule has 0 heterocycles. The Bertz CT molecular complexity index is 460. The molecule has 0 aromatic carbocycles. The third-order valence-corrected chi connectivity index (χ3v) is 9.80. The summed E-state index contributed by atoms with van der Waals surface area (Å²) in [6.45, 7) is 4.89. The van der Waals surface area contributed by atoms with Gasteiger partial charge in [-0.2, -0.15) is 0 Å². The second kappa shape index (κ2) is 4.82. The number of fused-ring (bicyclic) bond motifs is 5. The molecule has 0 amide bonds. The van der Waals surface area contributed by atoms with E-state index in [0.29, 0.717) is 21.9 Å². The molecule has 0 saturated heterocycles. The first-order valence-electron chi connectivity index (χ1n) is 9.15. The Morgan fingerprint density at radius 2 is 1.81 bits per heavy atom. The van der Waals surface area contributed by atoms with Crippen LogP contribution in [0.4, 0.5) is 0 Å². The molecular weight excluding hydrogens is 324 g/mol. The SMILES string of the molecule is C[C@]12C(Br)CCCC1CC[C@@H]1[C@@H]2CC[C@]2(C)C(=O)CC[C@@H]12. The smallest absolute Gasteiger partial charge is 0.139 e. The third kappa shape index (κ3) is 1.83. The van der Waals surface area contributed by atoms with E-state index in [9.17, 15) is 4.79 Å². The van der Waals surface area contributed by atoms with Crippen molar-refractivity contribution < 1.29 is 4.79 Å². The number of rotatable bonds is 0. The Labute approximate surface area is 137 Å². The van der Waals surface area contributed by atoms with Crippen LogP contribution in [0.1, 0.15) is 71.6 Å². The van der Waals surface area contributed by atoms with Crippen molar-refractivity contribution in [1.82, 2.24) is 0 Å². The standard InChI is InChI=1S/C19H29BrO/c1-18-11-10-15-13(14(18)8-9-17(18)21)7-6-12-4-3-5-16(20)19(12,15)2/h12-16H,3-11H2,1-2H3/t12?,13-,14-,15-,16?,18-,19-/m0/s1. The van der Waals surface area contributed by atoms with Crippen LogP contribution in [0.25, 0.3) is 0 Å². The predicted octanol–water partition coefficient (Wildman–Crippen LogP) is 5.36. The summed E-state index contributed by atoms with van der Waals surface area (Å²) in [6, 6.07) is 0. The summed E-state index contributed by atoms with van der Waals surface area (Å²) in [5.41, 5.74) is 0.537. The summed E-state index contributed by atoms with van der Waals surface area (Å²) in [7, 11) is 0. The van der Waals surface area contributed by atoms with Gasteiger partial charge in [0.15, 0.2) is 0 Å². The van der Waals surface area contributed by atoms with Crippen molar-refractivity contribution in [3.8, 4) is 0 Å². The molecule has 4 rings (SSSR count). The van der Waals surface area contributed by atoms with Gasteiger partial charge in [-0.25, -0.2) is 0 Å². The molecule has 0 aromatic rings. The minimum absolute atomic E-state index is 0.0425. The zero-order valence-corrected chi connectivity index (χ0v) is 15.1. The predicted molar refractivity (Wildman–Crippen MR) is 89.4 cm³/mol. The minimum atomic E-state index is 0.0425. The number of alkyl halides is 1. The number of hydrogen-bond donors (Lipinski definition) is 0. The summed E-state index contributed by atoms with van der Waals surface area (Å²) < 4.78 is 0. The Kier molecular flexibility index (Phi) is 3.38. The van der Waals surface area contributed by atoms with Crippen LogP contribution in [-0.2, 0) is 4.79 Å². The molecule has 0 aromatic heterocycles. The molecule has 0 radical (unpaired) electrons. The van der Waals surface area contributed by atoms with E-state index in [1.807, 2.05) is 0 Å². The van der Waals surface area contributed by atoms with Crippen LogP contribution in [0.3, 0.4) is 0 Å². The fourth-order valence-corrected chi connectivity index (χ4v) is 8.08. The maximum Gasteiger partial charge on any atom is 0.139 e. The lowest BCUT2D eigenvalue weighted by Gasteiger charge is -2.61. The van der Waals surface area contributed by atoms with Crippen molar-refractivity contribution >= 4 is 21.7 Å². The van der Waals surface area contributed by atoms with E-state index < -0.39 is 0 Å². The highest BCUT2D eigenvalue weighted by atomic mass is 79.9. The summed E-state index contributed by atoms with van der Waals surface area (Å²) in [4.78, 5) is 13.1. The van der Waals surface area contributed by atoms with E-state index in [0.717, 1.165) is 24.2 Å². The van der Waals surface area contributed by atoms with Gasteiger partial charge >= 0.3 is 0 Å². The lowest BCUT2D eigenvalue weighted by molar-refractivity contribution is -0.137. The number of hydrogen-bond acceptors (Lipinski definition) is 1. The maximum absolute atomic E-state index is 12.4. The number of halogens is 1. The van der Waals surface area contributed by atoms with Gasteiger partial charge in [-0.3, -0.25) is 4.79 Å². The molecule has 4 fully saturated rings. The third-order valence-electron chi connectivity index (χ3n) is 8.36. The van der Waals surface area contributed by atoms with Gasteiger partial charge in [-0.05, 0) is 74.0 Å². The number of carbonyl (C=O) groups is 1. The van der Waals surface area contributed by atoms with Gasteiger partial charge in [0.25, 0.3) is 0 Å². The molecule has 0 N–H and O–H groups in total. The Balaban J connectivity index is 1.69. The number of carbonyl (C=O) groups excluding carboxylic acids is 1. The number of ketones is 1. The molecule has 118 valence electrons. The summed E-state index contributed by atoms with van der Waals surface area (Å²) in [6.07, 6.45) is 11.6. The molecule has 2 heteroatoms. The average molecular weight is 353 g/mol. The average Bonchev–Trinajstić information content (AvgIpc) is 2.76. The molecule has 4 aliphatic rings. The van der Waals surface area contributed by atoms with E-state index in [1.54, 1.807) is 0 Å². The van der Waals surface area contributed by atoms with Gasteiger partial charge < -0.3 is 0 Å². The van der Waals surface area contributed by atoms with E-state index in [-0.39, 0.29) is 5.41 Å². The van der Waals surface area contributed by atoms with Crippen molar-refractivity contribution in [2.24, 2.45) is 34.5 Å². The van der Waals surface area contributed by atoms with E-state index in [4.69, 9.17) is 0 Å². The Hall–Kier alpha value is 0.150. The lowest BCUT2D eigenvalue weighted by Crippen LogP contribution is -2.56. The number of Topliss-reactive ketones (excluding diaryl/α,β-unsaturated/α-hetero) is 1. The van der Waals surface area contributed by atoms with Gasteiger partial charge in [0.1, 0.15) is 5.78 Å². The van der Waals surface area contributed by atoms with Crippen LogP contribution < -0.4 is 0 Å². The molecule has 0 aliphatic heterocycles. The van der Waals surface area contributed by atoms with Crippen molar-refractivity contribution in [3.05, 3.63) is 0 Å². The van der Waals surface area contributed by atoms with Gasteiger partial charge in [0, 0.05) is 16.7 Å². The quantitative estimate of drug-likeness (QED) is 0.536. The normalized spacial score (nSPS) is 56.5. The second-order valence-corrected chi connectivity index (χ2v) is 9.94. The molecule has 4 aliphatic carbocycles. The van der Waals surface area contributed by atoms with Crippen LogP contribution in [0.5, 0.6) is 0 Å². The van der Waals surface area contributed by atoms with Crippen molar-refractivity contribution in [1.29, 1.82) is 0 Å². The monoisotopic (exact) mass is 352 g/mol. The summed E-state index contributed by atoms with van der Waals surface area (Å²) in [5.74, 6) is 3.90. The highest BCUT2D eigenvalue weighted by Gasteiger charge is 2.61. The molecule has 0 spiro atoms. The van der Waals surface area contributed by atoms with Gasteiger partial charge in [-0.15, -0.1) is 0 Å². The van der Waals surface area contributed by atoms with Gasteiger partial charge in [0.05, 0.1) is 0 Å². The first-order chi connectivity index (χ1) is 9.98.